The van der Waals surface area contributed by atoms with Gasteiger partial charge in [-0.2, -0.15) is 0 Å². The van der Waals surface area contributed by atoms with E-state index < -0.39 is 0 Å². The molecule has 0 bridgehead atoms. The van der Waals surface area contributed by atoms with Crippen molar-refractivity contribution in [1.29, 1.82) is 0 Å². The summed E-state index contributed by atoms with van der Waals surface area (Å²) in [5, 5.41) is 0.968. The number of fused-ring (bicyclic) bond motifs is 1. The van der Waals surface area contributed by atoms with Crippen LogP contribution in [0.1, 0.15) is 18.4 Å². The minimum atomic E-state index is -0.324. The smallest absolute Gasteiger partial charge is 0.325 e. The summed E-state index contributed by atoms with van der Waals surface area (Å²) in [6.07, 6.45) is 5.76. The van der Waals surface area contributed by atoms with E-state index in [0.29, 0.717) is 15.8 Å². The van der Waals surface area contributed by atoms with E-state index in [1.807, 2.05) is 41.1 Å². The van der Waals surface area contributed by atoms with E-state index in [1.54, 1.807) is 4.90 Å². The Morgan fingerprint density at radius 1 is 1.43 bits per heavy atom. The van der Waals surface area contributed by atoms with E-state index >= 15 is 0 Å². The second-order valence-electron chi connectivity index (χ2n) is 6.73. The molecular formula is C20H20N2O4S2. The number of amides is 1. The summed E-state index contributed by atoms with van der Waals surface area (Å²) < 4.78 is 12.8. The number of esters is 1. The van der Waals surface area contributed by atoms with Crippen molar-refractivity contribution >= 4 is 57.2 Å². The van der Waals surface area contributed by atoms with Crippen LogP contribution in [0.2, 0.25) is 0 Å². The molecule has 4 rings (SSSR count). The average molecular weight is 417 g/mol. The van der Waals surface area contributed by atoms with Gasteiger partial charge in [-0.05, 0) is 25.0 Å². The molecule has 28 heavy (non-hydrogen) atoms. The van der Waals surface area contributed by atoms with Crippen LogP contribution in [0, 0.1) is 0 Å². The fraction of sp³-hybridized carbons (Fsp3) is 0.350. The molecule has 2 saturated heterocycles. The molecule has 0 saturated carbocycles. The Balaban J connectivity index is 1.63. The minimum absolute atomic E-state index is 0.0591. The predicted octanol–water partition coefficient (Wildman–Crippen LogP) is 3.19. The van der Waals surface area contributed by atoms with Crippen molar-refractivity contribution in [3.8, 4) is 0 Å². The quantitative estimate of drug-likeness (QED) is 0.424. The van der Waals surface area contributed by atoms with Crippen LogP contribution >= 0.6 is 24.0 Å². The van der Waals surface area contributed by atoms with Gasteiger partial charge >= 0.3 is 5.97 Å². The average Bonchev–Trinajstić information content (AvgIpc) is 3.39. The maximum absolute atomic E-state index is 12.9. The van der Waals surface area contributed by atoms with Crippen molar-refractivity contribution < 1.29 is 19.1 Å². The van der Waals surface area contributed by atoms with Crippen LogP contribution < -0.4 is 0 Å². The molecule has 2 aliphatic rings. The Bertz CT molecular complexity index is 976. The maximum atomic E-state index is 12.9. The number of hydrogen-bond donors (Lipinski definition) is 0. The van der Waals surface area contributed by atoms with Crippen LogP contribution in [0.15, 0.2) is 35.4 Å². The summed E-state index contributed by atoms with van der Waals surface area (Å²) in [7, 11) is 1.37. The van der Waals surface area contributed by atoms with E-state index in [9.17, 15) is 9.59 Å². The molecule has 2 fully saturated rings. The summed E-state index contributed by atoms with van der Waals surface area (Å²) in [6, 6.07) is 7.77. The van der Waals surface area contributed by atoms with E-state index in [2.05, 4.69) is 0 Å². The van der Waals surface area contributed by atoms with Gasteiger partial charge in [0.1, 0.15) is 10.9 Å². The first-order chi connectivity index (χ1) is 13.6. The van der Waals surface area contributed by atoms with Crippen molar-refractivity contribution in [2.45, 2.75) is 25.5 Å². The summed E-state index contributed by atoms with van der Waals surface area (Å²) in [5.41, 5.74) is 1.78. The minimum Gasteiger partial charge on any atom is -0.468 e. The van der Waals surface area contributed by atoms with Crippen molar-refractivity contribution in [2.75, 3.05) is 20.3 Å². The van der Waals surface area contributed by atoms with Gasteiger partial charge in [-0.1, -0.05) is 42.2 Å². The van der Waals surface area contributed by atoms with Crippen molar-refractivity contribution in [1.82, 2.24) is 9.47 Å². The highest BCUT2D eigenvalue weighted by atomic mass is 32.2. The Labute approximate surface area is 172 Å². The zero-order valence-corrected chi connectivity index (χ0v) is 17.1. The summed E-state index contributed by atoms with van der Waals surface area (Å²) >= 11 is 6.73. The highest BCUT2D eigenvalue weighted by Crippen LogP contribution is 2.35. The lowest BCUT2D eigenvalue weighted by atomic mass is 10.1. The van der Waals surface area contributed by atoms with Crippen LogP contribution in [0.5, 0.6) is 0 Å². The van der Waals surface area contributed by atoms with Crippen molar-refractivity contribution in [3.05, 3.63) is 40.9 Å². The standard InChI is InChI=1S/C20H20N2O4S2/c1-25-18(23)12-21-10-13(15-6-2-3-7-16(15)21)9-17-19(24)22(20(27)28-17)11-14-5-4-8-26-14/h2-3,6-7,9-10,14H,4-5,8,11-12H2,1H3/b17-9-/t14-/m1/s1. The Kier molecular flexibility index (Phi) is 5.52. The van der Waals surface area contributed by atoms with Gasteiger partial charge in [0.2, 0.25) is 0 Å². The van der Waals surface area contributed by atoms with Gasteiger partial charge in [0, 0.05) is 29.3 Å². The molecule has 0 radical (unpaired) electrons. The van der Waals surface area contributed by atoms with Crippen LogP contribution in [0.4, 0.5) is 0 Å². The zero-order chi connectivity index (χ0) is 19.7. The second kappa shape index (κ2) is 8.06. The lowest BCUT2D eigenvalue weighted by Gasteiger charge is -2.18. The SMILES string of the molecule is COC(=O)Cn1cc(/C=C2\SC(=S)N(C[C@H]3CCCO3)C2=O)c2ccccc21. The van der Waals surface area contributed by atoms with Gasteiger partial charge < -0.3 is 14.0 Å². The first-order valence-electron chi connectivity index (χ1n) is 9.08. The van der Waals surface area contributed by atoms with Crippen LogP contribution in [-0.4, -0.2) is 52.0 Å². The molecule has 3 heterocycles. The monoisotopic (exact) mass is 416 g/mol. The van der Waals surface area contributed by atoms with E-state index in [4.69, 9.17) is 21.7 Å². The highest BCUT2D eigenvalue weighted by molar-refractivity contribution is 8.26. The summed E-state index contributed by atoms with van der Waals surface area (Å²) in [4.78, 5) is 26.8. The number of aromatic nitrogens is 1. The second-order valence-corrected chi connectivity index (χ2v) is 8.41. The van der Waals surface area contributed by atoms with Gasteiger partial charge in [-0.15, -0.1) is 0 Å². The lowest BCUT2D eigenvalue weighted by molar-refractivity contribution is -0.141. The van der Waals surface area contributed by atoms with Gasteiger partial charge in [0.25, 0.3) is 5.91 Å². The molecule has 146 valence electrons. The van der Waals surface area contributed by atoms with Gasteiger partial charge in [-0.25, -0.2) is 0 Å². The number of carbonyl (C=O) groups is 2. The van der Waals surface area contributed by atoms with Gasteiger partial charge in [0.05, 0.1) is 24.7 Å². The molecule has 0 unspecified atom stereocenters. The number of methoxy groups -OCH3 is 1. The number of nitrogens with zero attached hydrogens (tertiary/aromatic N) is 2. The molecule has 0 N–H and O–H groups in total. The predicted molar refractivity (Wildman–Crippen MR) is 113 cm³/mol. The number of thioether (sulfide) groups is 1. The fourth-order valence-electron chi connectivity index (χ4n) is 3.52. The van der Waals surface area contributed by atoms with Crippen molar-refractivity contribution in [2.24, 2.45) is 0 Å². The Morgan fingerprint density at radius 2 is 2.25 bits per heavy atom. The van der Waals surface area contributed by atoms with E-state index in [-0.39, 0.29) is 24.5 Å². The van der Waals surface area contributed by atoms with Gasteiger partial charge in [-0.3, -0.25) is 14.5 Å². The zero-order valence-electron chi connectivity index (χ0n) is 15.4. The maximum Gasteiger partial charge on any atom is 0.325 e. The number of para-hydroxylation sites is 1. The van der Waals surface area contributed by atoms with E-state index in [0.717, 1.165) is 35.9 Å². The number of carbonyl (C=O) groups excluding carboxylic acids is 2. The molecule has 0 spiro atoms. The molecule has 0 aliphatic carbocycles. The number of rotatable bonds is 5. The van der Waals surface area contributed by atoms with Crippen LogP contribution in [0.25, 0.3) is 17.0 Å². The van der Waals surface area contributed by atoms with Crippen LogP contribution in [0.3, 0.4) is 0 Å². The fourth-order valence-corrected chi connectivity index (χ4v) is 4.78. The van der Waals surface area contributed by atoms with E-state index in [1.165, 1.54) is 18.9 Å². The number of benzene rings is 1. The topological polar surface area (TPSA) is 60.8 Å². The third-order valence-corrected chi connectivity index (χ3v) is 6.29. The molecule has 2 aromatic rings. The molecule has 1 atom stereocenters. The molecule has 8 heteroatoms. The normalized spacial score (nSPS) is 21.2. The van der Waals surface area contributed by atoms with Gasteiger partial charge in [0.15, 0.2) is 0 Å². The molecule has 2 aliphatic heterocycles. The first kappa shape index (κ1) is 19.2. The first-order valence-corrected chi connectivity index (χ1v) is 10.3. The number of hydrogen-bond acceptors (Lipinski definition) is 6. The summed E-state index contributed by atoms with van der Waals surface area (Å²) in [5.74, 6) is -0.412. The molecule has 1 amide bonds. The summed E-state index contributed by atoms with van der Waals surface area (Å²) in [6.45, 7) is 1.37. The third kappa shape index (κ3) is 3.72. The highest BCUT2D eigenvalue weighted by Gasteiger charge is 2.34. The largest absolute Gasteiger partial charge is 0.468 e. The molecule has 6 nitrogen and oxygen atoms in total. The Hall–Kier alpha value is -2.16. The molecule has 1 aromatic heterocycles. The Morgan fingerprint density at radius 3 is 3.00 bits per heavy atom. The lowest BCUT2D eigenvalue weighted by Crippen LogP contribution is -2.35. The third-order valence-electron chi connectivity index (χ3n) is 4.92. The van der Waals surface area contributed by atoms with Crippen molar-refractivity contribution in [3.63, 3.8) is 0 Å². The number of ether oxygens (including phenoxy) is 2. The van der Waals surface area contributed by atoms with Crippen LogP contribution in [-0.2, 0) is 25.6 Å². The molecular weight excluding hydrogens is 396 g/mol. The number of thiocarbonyl (C=S) groups is 1. The molecule has 1 aromatic carbocycles.